The molecule has 1 atom stereocenters. The van der Waals surface area contributed by atoms with Crippen LogP contribution in [0.2, 0.25) is 0 Å². The number of rotatable bonds is 7. The molecule has 0 aromatic rings. The monoisotopic (exact) mass is 280 g/mol. The van der Waals surface area contributed by atoms with Crippen molar-refractivity contribution < 1.29 is 27.9 Å². The van der Waals surface area contributed by atoms with Gasteiger partial charge in [-0.3, -0.25) is 4.79 Å². The lowest BCUT2D eigenvalue weighted by molar-refractivity contribution is -0.139. The Morgan fingerprint density at radius 2 is 2.06 bits per heavy atom. The van der Waals surface area contributed by atoms with E-state index in [9.17, 15) is 18.0 Å². The molecule has 0 saturated heterocycles. The molecule has 8 nitrogen and oxygen atoms in total. The van der Waals surface area contributed by atoms with Crippen LogP contribution in [-0.2, 0) is 19.7 Å². The van der Waals surface area contributed by atoms with Crippen molar-refractivity contribution in [1.29, 1.82) is 0 Å². The van der Waals surface area contributed by atoms with Crippen LogP contribution >= 0.6 is 0 Å². The predicted octanol–water partition coefficient (Wildman–Crippen LogP) is -0.180. The smallest absolute Gasteiger partial charge is 0.421 e. The fraction of sp³-hybridized carbons (Fsp3) is 0.778. The Bertz CT molecular complexity index is 417. The number of carbonyl (C=O) groups is 2. The van der Waals surface area contributed by atoms with Crippen molar-refractivity contribution in [3.05, 3.63) is 0 Å². The van der Waals surface area contributed by atoms with Gasteiger partial charge in [0.05, 0.1) is 6.61 Å². The highest BCUT2D eigenvalue weighted by Gasteiger charge is 2.32. The van der Waals surface area contributed by atoms with Crippen molar-refractivity contribution in [1.82, 2.24) is 9.44 Å². The van der Waals surface area contributed by atoms with E-state index in [-0.39, 0.29) is 18.9 Å². The summed E-state index contributed by atoms with van der Waals surface area (Å²) < 4.78 is 30.8. The molecule has 104 valence electrons. The Kier molecular flexibility index (Phi) is 4.91. The lowest BCUT2D eigenvalue weighted by Crippen LogP contribution is -2.48. The summed E-state index contributed by atoms with van der Waals surface area (Å²) in [5.74, 6) is -1.03. The van der Waals surface area contributed by atoms with Gasteiger partial charge in [-0.1, -0.05) is 12.8 Å². The molecule has 1 saturated carbocycles. The summed E-state index contributed by atoms with van der Waals surface area (Å²) in [6.07, 6.45) is 0.882. The summed E-state index contributed by atoms with van der Waals surface area (Å²) in [6.45, 7) is 1.54. The molecule has 0 spiro atoms. The van der Waals surface area contributed by atoms with Gasteiger partial charge >= 0.3 is 22.3 Å². The van der Waals surface area contributed by atoms with E-state index in [0.717, 1.165) is 12.8 Å². The van der Waals surface area contributed by atoms with Crippen LogP contribution in [0, 0.1) is 5.92 Å². The molecule has 1 unspecified atom stereocenters. The van der Waals surface area contributed by atoms with Gasteiger partial charge in [0.25, 0.3) is 0 Å². The van der Waals surface area contributed by atoms with Crippen molar-refractivity contribution in [3.63, 3.8) is 0 Å². The number of carbonyl (C=O) groups excluding carboxylic acids is 1. The minimum absolute atomic E-state index is 0.0196. The zero-order valence-corrected chi connectivity index (χ0v) is 10.7. The minimum Gasteiger partial charge on any atom is -0.480 e. The average molecular weight is 280 g/mol. The normalized spacial score (nSPS) is 16.9. The van der Waals surface area contributed by atoms with E-state index in [0.29, 0.717) is 0 Å². The maximum Gasteiger partial charge on any atom is 0.421 e. The first-order valence-corrected chi connectivity index (χ1v) is 7.02. The van der Waals surface area contributed by atoms with Gasteiger partial charge in [0.15, 0.2) is 0 Å². The number of nitrogens with one attached hydrogen (secondary N) is 2. The molecule has 0 aliphatic heterocycles. The average Bonchev–Trinajstić information content (AvgIpc) is 2.99. The van der Waals surface area contributed by atoms with Crippen molar-refractivity contribution in [2.45, 2.75) is 32.2 Å². The number of carboxylic acid groups (broad SMARTS) is 1. The van der Waals surface area contributed by atoms with E-state index in [1.165, 1.54) is 6.92 Å². The third-order valence-corrected chi connectivity index (χ3v) is 3.38. The van der Waals surface area contributed by atoms with Gasteiger partial charge in [0.2, 0.25) is 0 Å². The van der Waals surface area contributed by atoms with Gasteiger partial charge in [0, 0.05) is 0 Å². The van der Waals surface area contributed by atoms with Crippen LogP contribution < -0.4 is 9.44 Å². The van der Waals surface area contributed by atoms with E-state index >= 15 is 0 Å². The third-order valence-electron chi connectivity index (χ3n) is 2.35. The van der Waals surface area contributed by atoms with E-state index in [1.54, 1.807) is 4.72 Å². The van der Waals surface area contributed by atoms with Crippen molar-refractivity contribution in [3.8, 4) is 0 Å². The Hall–Kier alpha value is -1.35. The molecule has 1 aliphatic rings. The lowest BCUT2D eigenvalue weighted by atomic mass is 10.1. The summed E-state index contributed by atoms with van der Waals surface area (Å²) in [5, 5.41) is 8.88. The summed E-state index contributed by atoms with van der Waals surface area (Å²) in [5.41, 5.74) is 0. The van der Waals surface area contributed by atoms with E-state index in [2.05, 4.69) is 4.74 Å². The van der Waals surface area contributed by atoms with Crippen LogP contribution in [0.4, 0.5) is 4.79 Å². The molecule has 1 aliphatic carbocycles. The molecule has 1 amide bonds. The van der Waals surface area contributed by atoms with Crippen molar-refractivity contribution in [2.24, 2.45) is 5.92 Å². The standard InChI is InChI=1S/C9H16N2O6S/c1-2-17-9(14)11-18(15,16)10-7(8(12)13)5-6-3-4-6/h6-7,10H,2-5H2,1H3,(H,11,14)(H,12,13). The Labute approximate surface area is 105 Å². The Balaban J connectivity index is 2.54. The van der Waals surface area contributed by atoms with Gasteiger partial charge in [-0.2, -0.15) is 13.1 Å². The number of amides is 1. The molecule has 1 rings (SSSR count). The fourth-order valence-electron chi connectivity index (χ4n) is 1.37. The second kappa shape index (κ2) is 6.01. The highest BCUT2D eigenvalue weighted by atomic mass is 32.2. The van der Waals surface area contributed by atoms with E-state index < -0.39 is 28.3 Å². The van der Waals surface area contributed by atoms with Gasteiger partial charge in [-0.15, -0.1) is 0 Å². The van der Waals surface area contributed by atoms with Crippen LogP contribution in [0.25, 0.3) is 0 Å². The number of ether oxygens (including phenoxy) is 1. The van der Waals surface area contributed by atoms with E-state index in [1.807, 2.05) is 4.72 Å². The molecular weight excluding hydrogens is 264 g/mol. The number of hydrogen-bond donors (Lipinski definition) is 3. The molecule has 0 bridgehead atoms. The fourth-order valence-corrected chi connectivity index (χ4v) is 2.28. The topological polar surface area (TPSA) is 122 Å². The third kappa shape index (κ3) is 5.32. The zero-order valence-electron chi connectivity index (χ0n) is 9.88. The molecule has 3 N–H and O–H groups in total. The van der Waals surface area contributed by atoms with Gasteiger partial charge in [-0.25, -0.2) is 9.52 Å². The first kappa shape index (κ1) is 14.7. The summed E-state index contributed by atoms with van der Waals surface area (Å²) in [6, 6.07) is -1.23. The lowest BCUT2D eigenvalue weighted by Gasteiger charge is -2.14. The van der Waals surface area contributed by atoms with Crippen molar-refractivity contribution in [2.75, 3.05) is 6.61 Å². The first-order chi connectivity index (χ1) is 8.34. The Morgan fingerprint density at radius 1 is 1.44 bits per heavy atom. The van der Waals surface area contributed by atoms with Gasteiger partial charge in [-0.05, 0) is 19.3 Å². The first-order valence-electron chi connectivity index (χ1n) is 5.53. The van der Waals surface area contributed by atoms with Crippen LogP contribution in [0.3, 0.4) is 0 Å². The van der Waals surface area contributed by atoms with Crippen molar-refractivity contribution >= 4 is 22.3 Å². The molecule has 0 aromatic carbocycles. The predicted molar refractivity (Wildman–Crippen MR) is 61.0 cm³/mol. The molecule has 18 heavy (non-hydrogen) atoms. The maximum absolute atomic E-state index is 11.4. The second-order valence-electron chi connectivity index (χ2n) is 4.01. The molecule has 0 radical (unpaired) electrons. The highest BCUT2D eigenvalue weighted by molar-refractivity contribution is 7.88. The van der Waals surface area contributed by atoms with Crippen LogP contribution in [0.15, 0.2) is 0 Å². The molecule has 9 heteroatoms. The van der Waals surface area contributed by atoms with Gasteiger partial charge < -0.3 is 9.84 Å². The van der Waals surface area contributed by atoms with Crippen LogP contribution in [0.5, 0.6) is 0 Å². The number of carboxylic acids is 1. The summed E-state index contributed by atoms with van der Waals surface area (Å²) in [4.78, 5) is 21.8. The van der Waals surface area contributed by atoms with Crippen LogP contribution in [-0.4, -0.2) is 38.2 Å². The molecule has 0 heterocycles. The minimum atomic E-state index is -4.22. The summed E-state index contributed by atoms with van der Waals surface area (Å²) >= 11 is 0. The van der Waals surface area contributed by atoms with Gasteiger partial charge in [0.1, 0.15) is 6.04 Å². The Morgan fingerprint density at radius 3 is 2.50 bits per heavy atom. The second-order valence-corrected chi connectivity index (χ2v) is 5.46. The quantitative estimate of drug-likeness (QED) is 0.594. The zero-order chi connectivity index (χ0) is 13.8. The van der Waals surface area contributed by atoms with Crippen LogP contribution in [0.1, 0.15) is 26.2 Å². The molecule has 1 fully saturated rings. The highest BCUT2D eigenvalue weighted by Crippen LogP contribution is 2.33. The van der Waals surface area contributed by atoms with E-state index in [4.69, 9.17) is 5.11 Å². The molecule has 0 aromatic heterocycles. The number of hydrogen-bond acceptors (Lipinski definition) is 5. The maximum atomic E-state index is 11.4. The molecular formula is C9H16N2O6S. The summed E-state index contributed by atoms with van der Waals surface area (Å²) in [7, 11) is -4.22. The number of aliphatic carboxylic acids is 1. The largest absolute Gasteiger partial charge is 0.480 e. The SMILES string of the molecule is CCOC(=O)NS(=O)(=O)NC(CC1CC1)C(=O)O.